The number of nitrogens with one attached hydrogen (secondary N) is 2. The van der Waals surface area contributed by atoms with Gasteiger partial charge in [0, 0.05) is 43.7 Å². The minimum absolute atomic E-state index is 0.0783. The molecule has 1 aromatic carbocycles. The third kappa shape index (κ3) is 3.55. The van der Waals surface area contributed by atoms with Crippen LogP contribution >= 0.6 is 0 Å². The standard InChI is InChI=1S/C21H26FN5O2/c1-12-18-16(20(28)25-21(29)27(18)15-4-5-15)10-17(22)19(12)26-9-6-14(11-26)13(2)24-8-3-7-23/h10,13-15,24H,3-6,8-9,11H2,1-2H3,(H,25,28,29). The van der Waals surface area contributed by atoms with Gasteiger partial charge < -0.3 is 10.2 Å². The summed E-state index contributed by atoms with van der Waals surface area (Å²) in [6.07, 6.45) is 3.17. The van der Waals surface area contributed by atoms with Crippen molar-refractivity contribution >= 4 is 16.6 Å². The van der Waals surface area contributed by atoms with Crippen molar-refractivity contribution in [3.63, 3.8) is 0 Å². The summed E-state index contributed by atoms with van der Waals surface area (Å²) in [4.78, 5) is 29.1. The van der Waals surface area contributed by atoms with Crippen molar-refractivity contribution in [3.05, 3.63) is 38.3 Å². The van der Waals surface area contributed by atoms with Crippen molar-refractivity contribution in [2.24, 2.45) is 5.92 Å². The highest BCUT2D eigenvalue weighted by atomic mass is 19.1. The Hall–Kier alpha value is -2.66. The average Bonchev–Trinajstić information content (AvgIpc) is 3.39. The first kappa shape index (κ1) is 19.6. The number of aromatic amines is 1. The van der Waals surface area contributed by atoms with Crippen molar-refractivity contribution < 1.29 is 4.39 Å². The number of fused-ring (bicyclic) bond motifs is 1. The maximum atomic E-state index is 15.1. The van der Waals surface area contributed by atoms with E-state index >= 15 is 4.39 Å². The molecule has 2 aromatic rings. The van der Waals surface area contributed by atoms with Crippen LogP contribution < -0.4 is 21.5 Å². The fourth-order valence-electron chi connectivity index (χ4n) is 4.56. The van der Waals surface area contributed by atoms with Crippen LogP contribution in [-0.2, 0) is 0 Å². The van der Waals surface area contributed by atoms with Gasteiger partial charge in [0.1, 0.15) is 5.82 Å². The fourth-order valence-corrected chi connectivity index (χ4v) is 4.56. The maximum absolute atomic E-state index is 15.1. The second kappa shape index (κ2) is 7.64. The summed E-state index contributed by atoms with van der Waals surface area (Å²) in [6, 6.07) is 3.71. The van der Waals surface area contributed by atoms with Gasteiger partial charge in [-0.1, -0.05) is 0 Å². The van der Waals surface area contributed by atoms with E-state index in [9.17, 15) is 9.59 Å². The molecule has 0 radical (unpaired) electrons. The molecule has 154 valence electrons. The Morgan fingerprint density at radius 3 is 2.83 bits per heavy atom. The van der Waals surface area contributed by atoms with Crippen LogP contribution in [0.2, 0.25) is 0 Å². The predicted molar refractivity (Wildman–Crippen MR) is 110 cm³/mol. The molecule has 0 amide bonds. The molecule has 2 aliphatic rings. The fraction of sp³-hybridized carbons (Fsp3) is 0.571. The van der Waals surface area contributed by atoms with E-state index in [0.29, 0.717) is 42.2 Å². The van der Waals surface area contributed by atoms with Gasteiger partial charge in [0.2, 0.25) is 0 Å². The molecular formula is C21H26FN5O2. The molecular weight excluding hydrogens is 373 g/mol. The van der Waals surface area contributed by atoms with Gasteiger partial charge in [0.05, 0.1) is 22.7 Å². The predicted octanol–water partition coefficient (Wildman–Crippen LogP) is 2.19. The van der Waals surface area contributed by atoms with Crippen LogP contribution in [-0.4, -0.2) is 35.2 Å². The number of H-pyrrole nitrogens is 1. The molecule has 29 heavy (non-hydrogen) atoms. The zero-order valence-electron chi connectivity index (χ0n) is 16.8. The second-order valence-electron chi connectivity index (χ2n) is 8.23. The van der Waals surface area contributed by atoms with Crippen molar-refractivity contribution in [3.8, 4) is 6.07 Å². The van der Waals surface area contributed by atoms with E-state index in [1.807, 2.05) is 4.90 Å². The lowest BCUT2D eigenvalue weighted by Gasteiger charge is -2.25. The molecule has 2 heterocycles. The molecule has 1 saturated carbocycles. The van der Waals surface area contributed by atoms with Crippen LogP contribution in [0.5, 0.6) is 0 Å². The van der Waals surface area contributed by atoms with Crippen LogP contribution in [0.3, 0.4) is 0 Å². The molecule has 2 N–H and O–H groups in total. The Balaban J connectivity index is 1.70. The lowest BCUT2D eigenvalue weighted by Crippen LogP contribution is -2.36. The summed E-state index contributed by atoms with van der Waals surface area (Å²) in [5.41, 5.74) is 0.746. The number of hydrogen-bond donors (Lipinski definition) is 2. The monoisotopic (exact) mass is 399 g/mol. The molecule has 1 aliphatic carbocycles. The number of rotatable bonds is 6. The number of halogens is 1. The molecule has 2 fully saturated rings. The lowest BCUT2D eigenvalue weighted by atomic mass is 10.0. The number of aryl methyl sites for hydroxylation is 1. The number of nitrogens with zero attached hydrogens (tertiary/aromatic N) is 3. The summed E-state index contributed by atoms with van der Waals surface area (Å²) < 4.78 is 16.7. The molecule has 4 rings (SSSR count). The van der Waals surface area contributed by atoms with Crippen molar-refractivity contribution in [2.75, 3.05) is 24.5 Å². The molecule has 8 heteroatoms. The third-order valence-corrected chi connectivity index (χ3v) is 6.25. The van der Waals surface area contributed by atoms with Gasteiger partial charge in [0.25, 0.3) is 5.56 Å². The highest BCUT2D eigenvalue weighted by Crippen LogP contribution is 2.39. The summed E-state index contributed by atoms with van der Waals surface area (Å²) in [5.74, 6) is -0.0831. The van der Waals surface area contributed by atoms with E-state index in [-0.39, 0.29) is 17.5 Å². The number of aromatic nitrogens is 2. The molecule has 7 nitrogen and oxygen atoms in total. The SMILES string of the molecule is Cc1c(N2CCC(C(C)NCCC#N)C2)c(F)cc2c(=O)[nH]c(=O)n(C3CC3)c12. The minimum atomic E-state index is -0.537. The van der Waals surface area contributed by atoms with Gasteiger partial charge in [-0.25, -0.2) is 9.18 Å². The summed E-state index contributed by atoms with van der Waals surface area (Å²) >= 11 is 0. The van der Waals surface area contributed by atoms with Crippen LogP contribution in [0.25, 0.3) is 10.9 Å². The molecule has 1 aliphatic heterocycles. The van der Waals surface area contributed by atoms with Crippen LogP contribution in [0.15, 0.2) is 15.7 Å². The van der Waals surface area contributed by atoms with E-state index in [2.05, 4.69) is 23.3 Å². The molecule has 0 spiro atoms. The zero-order chi connectivity index (χ0) is 20.7. The van der Waals surface area contributed by atoms with Gasteiger partial charge in [-0.2, -0.15) is 5.26 Å². The Morgan fingerprint density at radius 1 is 1.38 bits per heavy atom. The summed E-state index contributed by atoms with van der Waals surface area (Å²) in [5, 5.41) is 12.3. The highest BCUT2D eigenvalue weighted by molar-refractivity contribution is 5.87. The Kier molecular flexibility index (Phi) is 5.17. The highest BCUT2D eigenvalue weighted by Gasteiger charge is 2.32. The molecule has 1 saturated heterocycles. The van der Waals surface area contributed by atoms with Crippen LogP contribution in [0.1, 0.15) is 44.2 Å². The average molecular weight is 399 g/mol. The minimum Gasteiger partial charge on any atom is -0.369 e. The first-order valence-corrected chi connectivity index (χ1v) is 10.2. The quantitative estimate of drug-likeness (QED) is 0.727. The number of nitriles is 1. The van der Waals surface area contributed by atoms with Gasteiger partial charge in [0.15, 0.2) is 0 Å². The number of anilines is 1. The van der Waals surface area contributed by atoms with Crippen LogP contribution in [0, 0.1) is 30.0 Å². The smallest absolute Gasteiger partial charge is 0.329 e. The van der Waals surface area contributed by atoms with Gasteiger partial charge in [-0.15, -0.1) is 0 Å². The Labute approximate surface area is 168 Å². The zero-order valence-corrected chi connectivity index (χ0v) is 16.8. The largest absolute Gasteiger partial charge is 0.369 e. The van der Waals surface area contributed by atoms with E-state index in [0.717, 1.165) is 25.8 Å². The summed E-state index contributed by atoms with van der Waals surface area (Å²) in [6.45, 7) is 5.96. The topological polar surface area (TPSA) is 93.9 Å². The molecule has 2 unspecified atom stereocenters. The van der Waals surface area contributed by atoms with Gasteiger partial charge >= 0.3 is 5.69 Å². The van der Waals surface area contributed by atoms with E-state index in [4.69, 9.17) is 5.26 Å². The Bertz CT molecular complexity index is 1100. The number of hydrogen-bond acceptors (Lipinski definition) is 5. The molecule has 2 atom stereocenters. The van der Waals surface area contributed by atoms with E-state index < -0.39 is 17.1 Å². The van der Waals surface area contributed by atoms with Gasteiger partial charge in [-0.05, 0) is 45.1 Å². The summed E-state index contributed by atoms with van der Waals surface area (Å²) in [7, 11) is 0. The lowest BCUT2D eigenvalue weighted by molar-refractivity contribution is 0.406. The first-order chi connectivity index (χ1) is 13.9. The van der Waals surface area contributed by atoms with Gasteiger partial charge in [-0.3, -0.25) is 14.3 Å². The normalized spacial score (nSPS) is 20.2. The Morgan fingerprint density at radius 2 is 2.14 bits per heavy atom. The molecule has 1 aromatic heterocycles. The van der Waals surface area contributed by atoms with Crippen LogP contribution in [0.4, 0.5) is 10.1 Å². The van der Waals surface area contributed by atoms with Crippen molar-refractivity contribution in [1.82, 2.24) is 14.9 Å². The van der Waals surface area contributed by atoms with E-state index in [1.54, 1.807) is 11.5 Å². The van der Waals surface area contributed by atoms with Crippen molar-refractivity contribution in [1.29, 1.82) is 5.26 Å². The van der Waals surface area contributed by atoms with Crippen molar-refractivity contribution in [2.45, 2.75) is 51.6 Å². The third-order valence-electron chi connectivity index (χ3n) is 6.25. The number of benzene rings is 1. The van der Waals surface area contributed by atoms with E-state index in [1.165, 1.54) is 6.07 Å². The first-order valence-electron chi connectivity index (χ1n) is 10.2. The molecule has 0 bridgehead atoms. The maximum Gasteiger partial charge on any atom is 0.329 e. The second-order valence-corrected chi connectivity index (χ2v) is 8.23.